The van der Waals surface area contributed by atoms with Crippen LogP contribution < -0.4 is 5.32 Å². The van der Waals surface area contributed by atoms with E-state index in [0.717, 1.165) is 12.1 Å². The SMILES string of the molecule is CCc1ccc(NC(=O)C(C#N)(CC)CC)cc1. The normalized spacial score (nSPS) is 10.8. The lowest BCUT2D eigenvalue weighted by atomic mass is 9.83. The van der Waals surface area contributed by atoms with E-state index in [1.165, 1.54) is 5.56 Å². The van der Waals surface area contributed by atoms with Crippen LogP contribution in [-0.4, -0.2) is 5.91 Å². The molecule has 3 heteroatoms. The number of nitrogens with one attached hydrogen (secondary N) is 1. The Morgan fingerprint density at radius 1 is 1.22 bits per heavy atom. The Bertz CT molecular complexity index is 439. The number of nitrogens with zero attached hydrogens (tertiary/aromatic N) is 1. The van der Waals surface area contributed by atoms with Gasteiger partial charge in [-0.2, -0.15) is 5.26 Å². The van der Waals surface area contributed by atoms with Gasteiger partial charge >= 0.3 is 0 Å². The zero-order valence-electron chi connectivity index (χ0n) is 11.3. The summed E-state index contributed by atoms with van der Waals surface area (Å²) in [4.78, 5) is 12.1. The van der Waals surface area contributed by atoms with Crippen LogP contribution >= 0.6 is 0 Å². The van der Waals surface area contributed by atoms with Crippen LogP contribution in [0.4, 0.5) is 5.69 Å². The maximum atomic E-state index is 12.1. The van der Waals surface area contributed by atoms with E-state index >= 15 is 0 Å². The molecule has 0 fully saturated rings. The summed E-state index contributed by atoms with van der Waals surface area (Å²) in [5.74, 6) is -0.209. The predicted octanol–water partition coefficient (Wildman–Crippen LogP) is 3.52. The number of amides is 1. The smallest absolute Gasteiger partial charge is 0.244 e. The number of carbonyl (C=O) groups excluding carboxylic acids is 1. The Morgan fingerprint density at radius 2 is 1.78 bits per heavy atom. The zero-order valence-corrected chi connectivity index (χ0v) is 11.3. The van der Waals surface area contributed by atoms with Crippen LogP contribution in [0.25, 0.3) is 0 Å². The van der Waals surface area contributed by atoms with E-state index in [0.29, 0.717) is 12.8 Å². The number of carbonyl (C=O) groups is 1. The highest BCUT2D eigenvalue weighted by molar-refractivity contribution is 5.97. The van der Waals surface area contributed by atoms with Gasteiger partial charge in [0.2, 0.25) is 5.91 Å². The standard InChI is InChI=1S/C15H20N2O/c1-4-12-7-9-13(10-8-12)17-14(18)15(5-2,6-3)11-16/h7-10H,4-6H2,1-3H3,(H,17,18). The van der Waals surface area contributed by atoms with Gasteiger partial charge in [0.25, 0.3) is 0 Å². The highest BCUT2D eigenvalue weighted by atomic mass is 16.2. The van der Waals surface area contributed by atoms with Crippen LogP contribution in [0, 0.1) is 16.7 Å². The number of rotatable bonds is 5. The Labute approximate surface area is 109 Å². The Hall–Kier alpha value is -1.82. The zero-order chi connectivity index (χ0) is 13.6. The van der Waals surface area contributed by atoms with Crippen molar-refractivity contribution in [1.29, 1.82) is 5.26 Å². The number of anilines is 1. The van der Waals surface area contributed by atoms with E-state index < -0.39 is 5.41 Å². The molecule has 1 amide bonds. The first-order chi connectivity index (χ1) is 8.61. The van der Waals surface area contributed by atoms with E-state index in [-0.39, 0.29) is 5.91 Å². The highest BCUT2D eigenvalue weighted by Crippen LogP contribution is 2.27. The third-order valence-electron chi connectivity index (χ3n) is 3.48. The molecule has 0 saturated heterocycles. The van der Waals surface area contributed by atoms with E-state index in [1.807, 2.05) is 38.1 Å². The molecule has 0 bridgehead atoms. The molecule has 0 radical (unpaired) electrons. The van der Waals surface area contributed by atoms with E-state index in [2.05, 4.69) is 18.3 Å². The minimum absolute atomic E-state index is 0.209. The van der Waals surface area contributed by atoms with Crippen molar-refractivity contribution in [2.45, 2.75) is 40.0 Å². The predicted molar refractivity (Wildman–Crippen MR) is 73.1 cm³/mol. The van der Waals surface area contributed by atoms with Crippen molar-refractivity contribution >= 4 is 11.6 Å². The van der Waals surface area contributed by atoms with E-state index in [1.54, 1.807) is 0 Å². The van der Waals surface area contributed by atoms with Crippen molar-refractivity contribution in [2.75, 3.05) is 5.32 Å². The molecule has 1 N–H and O–H groups in total. The minimum Gasteiger partial charge on any atom is -0.325 e. The fourth-order valence-corrected chi connectivity index (χ4v) is 1.85. The van der Waals surface area contributed by atoms with Crippen molar-refractivity contribution in [3.05, 3.63) is 29.8 Å². The second kappa shape index (κ2) is 6.20. The van der Waals surface area contributed by atoms with Crippen LogP contribution in [0.2, 0.25) is 0 Å². The Balaban J connectivity index is 2.83. The number of aryl methyl sites for hydroxylation is 1. The summed E-state index contributed by atoms with van der Waals surface area (Å²) in [7, 11) is 0. The van der Waals surface area contributed by atoms with Gasteiger partial charge in [0.15, 0.2) is 0 Å². The monoisotopic (exact) mass is 244 g/mol. The summed E-state index contributed by atoms with van der Waals surface area (Å²) in [6.45, 7) is 5.82. The number of hydrogen-bond acceptors (Lipinski definition) is 2. The first-order valence-electron chi connectivity index (χ1n) is 6.43. The van der Waals surface area contributed by atoms with Crippen molar-refractivity contribution in [3.8, 4) is 6.07 Å². The fourth-order valence-electron chi connectivity index (χ4n) is 1.85. The molecule has 18 heavy (non-hydrogen) atoms. The summed E-state index contributed by atoms with van der Waals surface area (Å²) < 4.78 is 0. The first-order valence-corrected chi connectivity index (χ1v) is 6.43. The van der Waals surface area contributed by atoms with Crippen molar-refractivity contribution in [1.82, 2.24) is 0 Å². The molecule has 0 aliphatic heterocycles. The van der Waals surface area contributed by atoms with Gasteiger partial charge in [-0.25, -0.2) is 0 Å². The van der Waals surface area contributed by atoms with Gasteiger partial charge in [-0.05, 0) is 37.0 Å². The van der Waals surface area contributed by atoms with Crippen LogP contribution in [0.3, 0.4) is 0 Å². The quantitative estimate of drug-likeness (QED) is 0.861. The molecular formula is C15H20N2O. The van der Waals surface area contributed by atoms with Crippen LogP contribution in [0.1, 0.15) is 39.2 Å². The molecular weight excluding hydrogens is 224 g/mol. The molecule has 0 saturated carbocycles. The van der Waals surface area contributed by atoms with Crippen LogP contribution in [-0.2, 0) is 11.2 Å². The second-order valence-electron chi connectivity index (χ2n) is 4.41. The van der Waals surface area contributed by atoms with Crippen LogP contribution in [0.5, 0.6) is 0 Å². The topological polar surface area (TPSA) is 52.9 Å². The van der Waals surface area contributed by atoms with Gasteiger partial charge in [0, 0.05) is 5.69 Å². The number of hydrogen-bond donors (Lipinski definition) is 1. The molecule has 3 nitrogen and oxygen atoms in total. The highest BCUT2D eigenvalue weighted by Gasteiger charge is 2.34. The Morgan fingerprint density at radius 3 is 2.17 bits per heavy atom. The van der Waals surface area contributed by atoms with Gasteiger partial charge in [-0.3, -0.25) is 4.79 Å². The summed E-state index contributed by atoms with van der Waals surface area (Å²) in [6, 6.07) is 9.88. The maximum absolute atomic E-state index is 12.1. The van der Waals surface area contributed by atoms with Gasteiger partial charge in [0.05, 0.1) is 6.07 Å². The molecule has 1 rings (SSSR count). The van der Waals surface area contributed by atoms with Gasteiger partial charge < -0.3 is 5.32 Å². The minimum atomic E-state index is -0.913. The van der Waals surface area contributed by atoms with Crippen molar-refractivity contribution in [2.24, 2.45) is 5.41 Å². The van der Waals surface area contributed by atoms with Crippen LogP contribution in [0.15, 0.2) is 24.3 Å². The lowest BCUT2D eigenvalue weighted by molar-refractivity contribution is -0.123. The molecule has 0 unspecified atom stereocenters. The van der Waals surface area contributed by atoms with Gasteiger partial charge in [-0.15, -0.1) is 0 Å². The fraction of sp³-hybridized carbons (Fsp3) is 0.467. The molecule has 1 aromatic rings. The number of nitriles is 1. The Kier molecular flexibility index (Phi) is 4.91. The molecule has 0 aliphatic carbocycles. The second-order valence-corrected chi connectivity index (χ2v) is 4.41. The molecule has 0 heterocycles. The number of benzene rings is 1. The average molecular weight is 244 g/mol. The summed E-state index contributed by atoms with van der Waals surface area (Å²) >= 11 is 0. The average Bonchev–Trinajstić information content (AvgIpc) is 2.42. The van der Waals surface area contributed by atoms with Crippen molar-refractivity contribution in [3.63, 3.8) is 0 Å². The van der Waals surface area contributed by atoms with Crippen molar-refractivity contribution < 1.29 is 4.79 Å². The molecule has 0 atom stereocenters. The maximum Gasteiger partial charge on any atom is 0.244 e. The first kappa shape index (κ1) is 14.2. The molecule has 96 valence electrons. The lowest BCUT2D eigenvalue weighted by Gasteiger charge is -2.22. The third kappa shape index (κ3) is 2.89. The molecule has 0 aromatic heterocycles. The third-order valence-corrected chi connectivity index (χ3v) is 3.48. The lowest BCUT2D eigenvalue weighted by Crippen LogP contribution is -2.33. The molecule has 0 aliphatic rings. The van der Waals surface area contributed by atoms with Gasteiger partial charge in [-0.1, -0.05) is 32.9 Å². The molecule has 1 aromatic carbocycles. The molecule has 0 spiro atoms. The summed E-state index contributed by atoms with van der Waals surface area (Å²) in [5.41, 5.74) is 1.06. The summed E-state index contributed by atoms with van der Waals surface area (Å²) in [6.07, 6.45) is 2.03. The van der Waals surface area contributed by atoms with Gasteiger partial charge in [0.1, 0.15) is 5.41 Å². The van der Waals surface area contributed by atoms with E-state index in [9.17, 15) is 10.1 Å². The van der Waals surface area contributed by atoms with E-state index in [4.69, 9.17) is 0 Å². The largest absolute Gasteiger partial charge is 0.325 e. The summed E-state index contributed by atoms with van der Waals surface area (Å²) in [5, 5.41) is 12.0.